The standard InChI is InChI=1S/C16H17FN2O3S/c1-11-9-13(7-8-14(11)17)23(21,22)19-15(16(18)20)10-12-5-3-2-4-6-12/h2-9,15,19H,10H2,1H3,(H2,18,20)/t15-/m0/s1. The summed E-state index contributed by atoms with van der Waals surface area (Å²) in [5.41, 5.74) is 6.27. The fraction of sp³-hybridized carbons (Fsp3) is 0.188. The Morgan fingerprint density at radius 3 is 2.43 bits per heavy atom. The summed E-state index contributed by atoms with van der Waals surface area (Å²) in [6.45, 7) is 1.46. The normalized spacial score (nSPS) is 12.8. The van der Waals surface area contributed by atoms with Gasteiger partial charge in [0.25, 0.3) is 0 Å². The molecular weight excluding hydrogens is 319 g/mol. The summed E-state index contributed by atoms with van der Waals surface area (Å²) in [7, 11) is -3.98. The first-order chi connectivity index (χ1) is 10.8. The Bertz CT molecular complexity index is 807. The number of sulfonamides is 1. The van der Waals surface area contributed by atoms with Crippen molar-refractivity contribution < 1.29 is 17.6 Å². The molecule has 1 atom stereocenters. The maximum Gasteiger partial charge on any atom is 0.241 e. The Balaban J connectivity index is 2.24. The molecule has 5 nitrogen and oxygen atoms in total. The van der Waals surface area contributed by atoms with E-state index in [0.29, 0.717) is 0 Å². The second-order valence-electron chi connectivity index (χ2n) is 5.18. The quantitative estimate of drug-likeness (QED) is 0.838. The first-order valence-corrected chi connectivity index (χ1v) is 8.39. The van der Waals surface area contributed by atoms with Gasteiger partial charge in [-0.25, -0.2) is 12.8 Å². The fourth-order valence-corrected chi connectivity index (χ4v) is 3.38. The summed E-state index contributed by atoms with van der Waals surface area (Å²) in [6.07, 6.45) is 0.135. The number of carbonyl (C=O) groups is 1. The molecule has 0 saturated carbocycles. The van der Waals surface area contributed by atoms with Crippen molar-refractivity contribution in [3.05, 3.63) is 65.5 Å². The lowest BCUT2D eigenvalue weighted by Gasteiger charge is -2.16. The molecule has 23 heavy (non-hydrogen) atoms. The van der Waals surface area contributed by atoms with Gasteiger partial charge in [-0.3, -0.25) is 4.79 Å². The smallest absolute Gasteiger partial charge is 0.241 e. The van der Waals surface area contributed by atoms with Gasteiger partial charge in [0.15, 0.2) is 0 Å². The Morgan fingerprint density at radius 2 is 1.87 bits per heavy atom. The van der Waals surface area contributed by atoms with Crippen LogP contribution in [-0.4, -0.2) is 20.4 Å². The Morgan fingerprint density at radius 1 is 1.22 bits per heavy atom. The summed E-state index contributed by atoms with van der Waals surface area (Å²) in [5.74, 6) is -1.28. The SMILES string of the molecule is Cc1cc(S(=O)(=O)N[C@@H](Cc2ccccc2)C(N)=O)ccc1F. The highest BCUT2D eigenvalue weighted by Crippen LogP contribution is 2.15. The zero-order chi connectivity index (χ0) is 17.0. The van der Waals surface area contributed by atoms with Crippen molar-refractivity contribution in [2.75, 3.05) is 0 Å². The molecule has 1 amide bonds. The Kier molecular flexibility index (Phi) is 5.12. The van der Waals surface area contributed by atoms with E-state index in [1.807, 2.05) is 6.07 Å². The van der Waals surface area contributed by atoms with Crippen molar-refractivity contribution in [2.24, 2.45) is 5.73 Å². The third kappa shape index (κ3) is 4.37. The molecular formula is C16H17FN2O3S. The molecule has 2 aromatic rings. The summed E-state index contributed by atoms with van der Waals surface area (Å²) in [4.78, 5) is 11.5. The van der Waals surface area contributed by atoms with Crippen molar-refractivity contribution in [1.29, 1.82) is 0 Å². The third-order valence-electron chi connectivity index (χ3n) is 3.36. The van der Waals surface area contributed by atoms with Crippen LogP contribution in [0.4, 0.5) is 4.39 Å². The zero-order valence-electron chi connectivity index (χ0n) is 12.5. The number of amides is 1. The van der Waals surface area contributed by atoms with Crippen molar-refractivity contribution in [1.82, 2.24) is 4.72 Å². The molecule has 3 N–H and O–H groups in total. The van der Waals surface area contributed by atoms with E-state index in [-0.39, 0.29) is 16.9 Å². The number of primary amides is 1. The molecule has 7 heteroatoms. The van der Waals surface area contributed by atoms with Crippen LogP contribution in [0.3, 0.4) is 0 Å². The molecule has 0 saturated heterocycles. The minimum Gasteiger partial charge on any atom is -0.368 e. The molecule has 0 aliphatic carbocycles. The van der Waals surface area contributed by atoms with Crippen LogP contribution in [0.2, 0.25) is 0 Å². The maximum atomic E-state index is 13.3. The van der Waals surface area contributed by atoms with Crippen molar-refractivity contribution in [2.45, 2.75) is 24.3 Å². The van der Waals surface area contributed by atoms with Crippen molar-refractivity contribution in [3.63, 3.8) is 0 Å². The average molecular weight is 336 g/mol. The maximum absolute atomic E-state index is 13.3. The predicted octanol–water partition coefficient (Wildman–Crippen LogP) is 1.51. The largest absolute Gasteiger partial charge is 0.368 e. The molecule has 0 aliphatic rings. The third-order valence-corrected chi connectivity index (χ3v) is 4.83. The Labute approximate surface area is 134 Å². The van der Waals surface area contributed by atoms with E-state index in [1.54, 1.807) is 24.3 Å². The van der Waals surface area contributed by atoms with Gasteiger partial charge in [0, 0.05) is 0 Å². The number of hydrogen-bond acceptors (Lipinski definition) is 3. The minimum atomic E-state index is -3.98. The van der Waals surface area contributed by atoms with Gasteiger partial charge in [0.1, 0.15) is 11.9 Å². The minimum absolute atomic E-state index is 0.115. The number of aryl methyl sites for hydroxylation is 1. The first kappa shape index (κ1) is 17.1. The van der Waals surface area contributed by atoms with Crippen LogP contribution in [0.25, 0.3) is 0 Å². The van der Waals surface area contributed by atoms with Gasteiger partial charge in [-0.1, -0.05) is 30.3 Å². The number of rotatable bonds is 6. The van der Waals surface area contributed by atoms with Crippen LogP contribution >= 0.6 is 0 Å². The lowest BCUT2D eigenvalue weighted by molar-refractivity contribution is -0.119. The van der Waals surface area contributed by atoms with Gasteiger partial charge in [-0.2, -0.15) is 4.72 Å². The van der Waals surface area contributed by atoms with E-state index >= 15 is 0 Å². The van der Waals surface area contributed by atoms with Crippen molar-refractivity contribution >= 4 is 15.9 Å². The molecule has 0 radical (unpaired) electrons. The van der Waals surface area contributed by atoms with Crippen LogP contribution in [0.15, 0.2) is 53.4 Å². The summed E-state index contributed by atoms with van der Waals surface area (Å²) in [6, 6.07) is 11.3. The Hall–Kier alpha value is -2.25. The van der Waals surface area contributed by atoms with E-state index in [4.69, 9.17) is 5.73 Å². The highest BCUT2D eigenvalue weighted by atomic mass is 32.2. The van der Waals surface area contributed by atoms with E-state index < -0.39 is 27.8 Å². The summed E-state index contributed by atoms with van der Waals surface area (Å²) in [5, 5.41) is 0. The van der Waals surface area contributed by atoms with Gasteiger partial charge < -0.3 is 5.73 Å². The van der Waals surface area contributed by atoms with Gasteiger partial charge in [-0.05, 0) is 42.7 Å². The van der Waals surface area contributed by atoms with Crippen LogP contribution in [-0.2, 0) is 21.2 Å². The lowest BCUT2D eigenvalue weighted by Crippen LogP contribution is -2.45. The highest BCUT2D eigenvalue weighted by molar-refractivity contribution is 7.89. The van der Waals surface area contributed by atoms with E-state index in [1.165, 1.54) is 13.0 Å². The molecule has 0 fully saturated rings. The number of nitrogens with two attached hydrogens (primary N) is 1. The molecule has 2 rings (SSSR count). The molecule has 0 heterocycles. The van der Waals surface area contributed by atoms with Crippen LogP contribution in [0, 0.1) is 12.7 Å². The number of nitrogens with one attached hydrogen (secondary N) is 1. The summed E-state index contributed by atoms with van der Waals surface area (Å²) < 4.78 is 40.3. The first-order valence-electron chi connectivity index (χ1n) is 6.91. The van der Waals surface area contributed by atoms with Crippen LogP contribution < -0.4 is 10.5 Å². The molecule has 0 aromatic heterocycles. The molecule has 2 aromatic carbocycles. The second-order valence-corrected chi connectivity index (χ2v) is 6.89. The van der Waals surface area contributed by atoms with Crippen LogP contribution in [0.1, 0.15) is 11.1 Å². The average Bonchev–Trinajstić information content (AvgIpc) is 2.50. The van der Waals surface area contributed by atoms with E-state index in [0.717, 1.165) is 17.7 Å². The molecule has 0 unspecified atom stereocenters. The monoisotopic (exact) mass is 336 g/mol. The molecule has 0 aliphatic heterocycles. The van der Waals surface area contributed by atoms with Gasteiger partial charge >= 0.3 is 0 Å². The second kappa shape index (κ2) is 6.89. The molecule has 0 spiro atoms. The van der Waals surface area contributed by atoms with E-state index in [9.17, 15) is 17.6 Å². The van der Waals surface area contributed by atoms with Gasteiger partial charge in [0.2, 0.25) is 15.9 Å². The predicted molar refractivity (Wildman–Crippen MR) is 84.6 cm³/mol. The molecule has 122 valence electrons. The number of halogens is 1. The highest BCUT2D eigenvalue weighted by Gasteiger charge is 2.24. The number of benzene rings is 2. The number of hydrogen-bond donors (Lipinski definition) is 2. The topological polar surface area (TPSA) is 89.3 Å². The van der Waals surface area contributed by atoms with Gasteiger partial charge in [-0.15, -0.1) is 0 Å². The molecule has 0 bridgehead atoms. The van der Waals surface area contributed by atoms with Crippen molar-refractivity contribution in [3.8, 4) is 0 Å². The number of carbonyl (C=O) groups excluding carboxylic acids is 1. The van der Waals surface area contributed by atoms with Crippen LogP contribution in [0.5, 0.6) is 0 Å². The van der Waals surface area contributed by atoms with E-state index in [2.05, 4.69) is 4.72 Å². The lowest BCUT2D eigenvalue weighted by atomic mass is 10.1. The zero-order valence-corrected chi connectivity index (χ0v) is 13.3. The fourth-order valence-electron chi connectivity index (χ4n) is 2.09. The van der Waals surface area contributed by atoms with Gasteiger partial charge in [0.05, 0.1) is 4.90 Å². The summed E-state index contributed by atoms with van der Waals surface area (Å²) >= 11 is 0.